The van der Waals surface area contributed by atoms with Crippen molar-refractivity contribution < 1.29 is 23.8 Å². The topological polar surface area (TPSA) is 82.1 Å². The summed E-state index contributed by atoms with van der Waals surface area (Å²) in [4.78, 5) is 29.7. The van der Waals surface area contributed by atoms with Crippen LogP contribution in [0.15, 0.2) is 16.9 Å². The van der Waals surface area contributed by atoms with E-state index in [4.69, 9.17) is 4.74 Å². The maximum atomic E-state index is 15.0. The van der Waals surface area contributed by atoms with Crippen molar-refractivity contribution in [3.63, 3.8) is 0 Å². The molecule has 2 bridgehead atoms. The second-order valence-electron chi connectivity index (χ2n) is 7.12. The van der Waals surface area contributed by atoms with E-state index in [0.717, 1.165) is 18.0 Å². The third-order valence-corrected chi connectivity index (χ3v) is 7.33. The molecule has 1 aromatic carbocycles. The third-order valence-electron chi connectivity index (χ3n) is 5.89. The number of rotatable bonds is 2. The van der Waals surface area contributed by atoms with Gasteiger partial charge in [-0.2, -0.15) is 0 Å². The van der Waals surface area contributed by atoms with E-state index >= 15 is 4.39 Å². The highest BCUT2D eigenvalue weighted by atomic mass is 32.2. The van der Waals surface area contributed by atoms with Gasteiger partial charge in [0.15, 0.2) is 22.8 Å². The van der Waals surface area contributed by atoms with Gasteiger partial charge in [-0.15, -0.1) is 0 Å². The summed E-state index contributed by atoms with van der Waals surface area (Å²) < 4.78 is 21.1. The van der Waals surface area contributed by atoms with Crippen molar-refractivity contribution in [1.29, 1.82) is 0 Å². The van der Waals surface area contributed by atoms with Gasteiger partial charge in [0.25, 0.3) is 0 Å². The molecule has 2 fully saturated rings. The van der Waals surface area contributed by atoms with Gasteiger partial charge in [0, 0.05) is 43.1 Å². The lowest BCUT2D eigenvalue weighted by molar-refractivity contribution is -0.145. The second kappa shape index (κ2) is 4.52. The van der Waals surface area contributed by atoms with Crippen molar-refractivity contribution in [3.05, 3.63) is 28.2 Å². The number of carbonyl (C=O) groups excluding carboxylic acids is 1. The molecular formula is C17H14FN3O4S. The molecule has 1 aromatic rings. The van der Waals surface area contributed by atoms with Gasteiger partial charge >= 0.3 is 5.97 Å². The van der Waals surface area contributed by atoms with E-state index in [1.54, 1.807) is 4.90 Å². The number of nitrogens with zero attached hydrogens (tertiary/aromatic N) is 2. The maximum absolute atomic E-state index is 15.0. The Morgan fingerprint density at radius 2 is 2.15 bits per heavy atom. The van der Waals surface area contributed by atoms with Gasteiger partial charge < -0.3 is 20.1 Å². The Morgan fingerprint density at radius 3 is 2.88 bits per heavy atom. The smallest absolute Gasteiger partial charge is 0.321 e. The van der Waals surface area contributed by atoms with Crippen LogP contribution in [0.25, 0.3) is 0 Å². The van der Waals surface area contributed by atoms with Crippen molar-refractivity contribution in [2.75, 3.05) is 36.0 Å². The first-order valence-electron chi connectivity index (χ1n) is 8.51. The highest BCUT2D eigenvalue weighted by Crippen LogP contribution is 2.69. The highest BCUT2D eigenvalue weighted by Gasteiger charge is 2.70. The quantitative estimate of drug-likeness (QED) is 0.750. The van der Waals surface area contributed by atoms with Gasteiger partial charge in [-0.05, 0) is 6.07 Å². The lowest BCUT2D eigenvalue weighted by atomic mass is 9.72. The van der Waals surface area contributed by atoms with Gasteiger partial charge in [0.1, 0.15) is 16.7 Å². The number of carboxylic acid groups (broad SMARTS) is 1. The van der Waals surface area contributed by atoms with Crippen LogP contribution in [-0.4, -0.2) is 48.4 Å². The summed E-state index contributed by atoms with van der Waals surface area (Å²) >= 11 is 1.38. The SMILES string of the molecule is O=C(O)C12CC3=C4Oc5c(N6CCNCC6)c(F)cc(c5N4C1S3)C2=O. The molecule has 5 aliphatic heterocycles. The van der Waals surface area contributed by atoms with Crippen LogP contribution in [0, 0.1) is 11.2 Å². The number of thioether (sulfide) groups is 1. The summed E-state index contributed by atoms with van der Waals surface area (Å²) in [6.45, 7) is 2.77. The number of halogens is 1. The predicted molar refractivity (Wildman–Crippen MR) is 92.0 cm³/mol. The number of hydrogen-bond acceptors (Lipinski definition) is 7. The second-order valence-corrected chi connectivity index (χ2v) is 8.30. The van der Waals surface area contributed by atoms with Gasteiger partial charge in [-0.3, -0.25) is 14.5 Å². The standard InChI is InChI=1S/C17H14FN3O4S/c18-8-5-7-10-12(11(8)20-3-1-19-2-4-20)25-14-9-6-17(13(7)22,16(23)24)15(26-9)21(10)14/h5,15,19H,1-4,6H2,(H,23,24). The zero-order valence-corrected chi connectivity index (χ0v) is 14.4. The number of ketones is 1. The van der Waals surface area contributed by atoms with Crippen LogP contribution in [0.1, 0.15) is 16.8 Å². The van der Waals surface area contributed by atoms with Crippen molar-refractivity contribution >= 4 is 34.9 Å². The molecule has 26 heavy (non-hydrogen) atoms. The minimum Gasteiger partial charge on any atom is -0.480 e. The maximum Gasteiger partial charge on any atom is 0.321 e. The van der Waals surface area contributed by atoms with Crippen LogP contribution in [0.4, 0.5) is 15.8 Å². The lowest BCUT2D eigenvalue weighted by Crippen LogP contribution is -2.56. The summed E-state index contributed by atoms with van der Waals surface area (Å²) in [6.07, 6.45) is 0.116. The van der Waals surface area contributed by atoms with E-state index in [2.05, 4.69) is 5.32 Å². The Balaban J connectivity index is 1.62. The number of anilines is 2. The van der Waals surface area contributed by atoms with E-state index in [1.807, 2.05) is 4.90 Å². The Morgan fingerprint density at radius 1 is 1.38 bits per heavy atom. The molecule has 0 amide bonds. The number of piperazine rings is 1. The van der Waals surface area contributed by atoms with Gasteiger partial charge in [-0.1, -0.05) is 11.8 Å². The predicted octanol–water partition coefficient (Wildman–Crippen LogP) is 1.35. The average molecular weight is 375 g/mol. The molecule has 0 aliphatic carbocycles. The molecule has 0 aromatic heterocycles. The molecule has 0 spiro atoms. The van der Waals surface area contributed by atoms with Crippen molar-refractivity contribution in [2.45, 2.75) is 11.8 Å². The van der Waals surface area contributed by atoms with Crippen LogP contribution in [-0.2, 0) is 4.79 Å². The summed E-state index contributed by atoms with van der Waals surface area (Å²) in [7, 11) is 0. The number of benzene rings is 1. The fourth-order valence-corrected chi connectivity index (χ4v) is 6.31. The average Bonchev–Trinajstić information content (AvgIpc) is 3.30. The van der Waals surface area contributed by atoms with E-state index in [1.165, 1.54) is 17.8 Å². The van der Waals surface area contributed by atoms with Gasteiger partial charge in [0.05, 0.1) is 0 Å². The number of ether oxygens (including phenoxy) is 1. The van der Waals surface area contributed by atoms with E-state index in [-0.39, 0.29) is 12.0 Å². The van der Waals surface area contributed by atoms with E-state index in [9.17, 15) is 14.7 Å². The van der Waals surface area contributed by atoms with Crippen molar-refractivity contribution in [1.82, 2.24) is 5.32 Å². The summed E-state index contributed by atoms with van der Waals surface area (Å²) in [5, 5.41) is 12.5. The number of carboxylic acids is 1. The zero-order chi connectivity index (χ0) is 17.8. The minimum absolute atomic E-state index is 0.116. The summed E-state index contributed by atoms with van der Waals surface area (Å²) in [5.41, 5.74) is -0.534. The Kier molecular flexibility index (Phi) is 2.59. The highest BCUT2D eigenvalue weighted by molar-refractivity contribution is 8.04. The number of nitrogens with one attached hydrogen (secondary N) is 1. The van der Waals surface area contributed by atoms with Crippen LogP contribution in [0.5, 0.6) is 5.75 Å². The first kappa shape index (κ1) is 14.9. The Labute approximate surface area is 151 Å². The Hall–Kier alpha value is -2.26. The molecule has 0 saturated carbocycles. The number of aliphatic carboxylic acids is 1. The third kappa shape index (κ3) is 1.43. The molecule has 6 rings (SSSR count). The van der Waals surface area contributed by atoms with Crippen LogP contribution in [0.2, 0.25) is 0 Å². The molecule has 5 aliphatic rings. The fourth-order valence-electron chi connectivity index (χ4n) is 4.69. The normalized spacial score (nSPS) is 30.3. The number of Topliss-reactive ketones (excluding diaryl/α,β-unsaturated/α-hetero) is 1. The molecule has 5 heterocycles. The molecule has 7 nitrogen and oxygen atoms in total. The summed E-state index contributed by atoms with van der Waals surface area (Å²) in [5.74, 6) is -1.28. The van der Waals surface area contributed by atoms with E-state index < -0.39 is 28.4 Å². The minimum atomic E-state index is -1.55. The first-order valence-corrected chi connectivity index (χ1v) is 9.39. The monoisotopic (exact) mass is 375 g/mol. The molecule has 2 saturated heterocycles. The molecule has 2 atom stereocenters. The van der Waals surface area contributed by atoms with Crippen LogP contribution in [0.3, 0.4) is 0 Å². The molecule has 9 heteroatoms. The van der Waals surface area contributed by atoms with E-state index in [0.29, 0.717) is 36.1 Å². The van der Waals surface area contributed by atoms with Crippen molar-refractivity contribution in [2.24, 2.45) is 5.41 Å². The first-order chi connectivity index (χ1) is 12.5. The van der Waals surface area contributed by atoms with Gasteiger partial charge in [0.2, 0.25) is 5.88 Å². The van der Waals surface area contributed by atoms with Crippen LogP contribution < -0.4 is 19.9 Å². The Bertz CT molecular complexity index is 958. The van der Waals surface area contributed by atoms with Gasteiger partial charge in [-0.25, -0.2) is 4.39 Å². The number of hydrogen-bond donors (Lipinski definition) is 2. The number of carbonyl (C=O) groups is 2. The molecule has 0 radical (unpaired) electrons. The number of allylic oxidation sites excluding steroid dienone is 1. The fraction of sp³-hybridized carbons (Fsp3) is 0.412. The van der Waals surface area contributed by atoms with Crippen molar-refractivity contribution in [3.8, 4) is 5.75 Å². The lowest BCUT2D eigenvalue weighted by Gasteiger charge is -2.40. The molecule has 2 N–H and O–H groups in total. The molecule has 134 valence electrons. The number of fused-ring (bicyclic) bond motifs is 1. The molecule has 2 unspecified atom stereocenters. The van der Waals surface area contributed by atoms with Crippen LogP contribution >= 0.6 is 11.8 Å². The molecular weight excluding hydrogens is 361 g/mol. The largest absolute Gasteiger partial charge is 0.480 e. The summed E-state index contributed by atoms with van der Waals surface area (Å²) in [6, 6.07) is 1.20. The zero-order valence-electron chi connectivity index (χ0n) is 13.5.